The molecule has 0 saturated heterocycles. The van der Waals surface area contributed by atoms with Crippen molar-refractivity contribution < 1.29 is 14.3 Å². The molecular formula is C17H18N2O3. The molecule has 0 fully saturated rings. The van der Waals surface area contributed by atoms with E-state index in [1.807, 2.05) is 42.3 Å². The summed E-state index contributed by atoms with van der Waals surface area (Å²) in [6.07, 6.45) is 0. The number of esters is 1. The molecule has 0 aliphatic rings. The smallest absolute Gasteiger partial charge is 0.337 e. The molecule has 114 valence electrons. The number of likely N-dealkylation sites (N-methyl/N-ethyl adjacent to an activating group) is 1. The highest BCUT2D eigenvalue weighted by Gasteiger charge is 2.09. The van der Waals surface area contributed by atoms with E-state index in [-0.39, 0.29) is 12.5 Å². The third-order valence-electron chi connectivity index (χ3n) is 3.17. The van der Waals surface area contributed by atoms with Gasteiger partial charge in [0.2, 0.25) is 5.91 Å². The zero-order valence-corrected chi connectivity index (χ0v) is 12.6. The van der Waals surface area contributed by atoms with Crippen LogP contribution in [0.25, 0.3) is 0 Å². The average molecular weight is 298 g/mol. The Labute approximate surface area is 129 Å². The first-order valence-electron chi connectivity index (χ1n) is 6.84. The predicted octanol–water partition coefficient (Wildman–Crippen LogP) is 2.55. The highest BCUT2D eigenvalue weighted by Crippen LogP contribution is 2.12. The van der Waals surface area contributed by atoms with Crippen molar-refractivity contribution in [2.75, 3.05) is 30.9 Å². The number of anilines is 2. The Morgan fingerprint density at radius 3 is 2.27 bits per heavy atom. The Balaban J connectivity index is 1.93. The highest BCUT2D eigenvalue weighted by atomic mass is 16.5. The van der Waals surface area contributed by atoms with Gasteiger partial charge in [-0.15, -0.1) is 0 Å². The maximum absolute atomic E-state index is 12.0. The van der Waals surface area contributed by atoms with Crippen molar-refractivity contribution in [1.29, 1.82) is 0 Å². The number of para-hydroxylation sites is 1. The molecule has 0 bridgehead atoms. The fraction of sp³-hybridized carbons (Fsp3) is 0.176. The number of nitrogens with zero attached hydrogens (tertiary/aromatic N) is 1. The predicted molar refractivity (Wildman–Crippen MR) is 86.1 cm³/mol. The van der Waals surface area contributed by atoms with Gasteiger partial charge in [0.15, 0.2) is 0 Å². The third kappa shape index (κ3) is 4.09. The standard InChI is InChI=1S/C17H18N2O3/c1-19(15-6-4-3-5-7-15)12-16(20)18-14-10-8-13(9-11-14)17(21)22-2/h3-11H,12H2,1-2H3,(H,18,20). The van der Waals surface area contributed by atoms with Crippen molar-refractivity contribution in [3.8, 4) is 0 Å². The number of methoxy groups -OCH3 is 1. The summed E-state index contributed by atoms with van der Waals surface area (Å²) in [6, 6.07) is 16.2. The minimum atomic E-state index is -0.401. The fourth-order valence-electron chi connectivity index (χ4n) is 2.00. The second-order valence-corrected chi connectivity index (χ2v) is 4.81. The number of amides is 1. The molecule has 0 atom stereocenters. The lowest BCUT2D eigenvalue weighted by Crippen LogP contribution is -2.29. The van der Waals surface area contributed by atoms with Gasteiger partial charge >= 0.3 is 5.97 Å². The summed E-state index contributed by atoms with van der Waals surface area (Å²) in [5, 5.41) is 2.79. The summed E-state index contributed by atoms with van der Waals surface area (Å²) in [7, 11) is 3.19. The third-order valence-corrected chi connectivity index (χ3v) is 3.17. The van der Waals surface area contributed by atoms with Gasteiger partial charge in [0.1, 0.15) is 0 Å². The number of rotatable bonds is 5. The fourth-order valence-corrected chi connectivity index (χ4v) is 2.00. The first kappa shape index (κ1) is 15.6. The number of ether oxygens (including phenoxy) is 1. The lowest BCUT2D eigenvalue weighted by atomic mass is 10.2. The van der Waals surface area contributed by atoms with Gasteiger partial charge in [0.25, 0.3) is 0 Å². The van der Waals surface area contributed by atoms with Gasteiger partial charge in [-0.05, 0) is 36.4 Å². The zero-order chi connectivity index (χ0) is 15.9. The van der Waals surface area contributed by atoms with Gasteiger partial charge in [-0.2, -0.15) is 0 Å². The van der Waals surface area contributed by atoms with Crippen LogP contribution in [0.3, 0.4) is 0 Å². The number of carbonyl (C=O) groups excluding carboxylic acids is 2. The second kappa shape index (κ2) is 7.26. The maximum atomic E-state index is 12.0. The summed E-state index contributed by atoms with van der Waals surface area (Å²) in [5.41, 5.74) is 2.06. The summed E-state index contributed by atoms with van der Waals surface area (Å²) in [6.45, 7) is 0.239. The molecule has 22 heavy (non-hydrogen) atoms. The van der Waals surface area contributed by atoms with Crippen LogP contribution in [-0.4, -0.2) is 32.6 Å². The minimum absolute atomic E-state index is 0.128. The van der Waals surface area contributed by atoms with Gasteiger partial charge in [0.05, 0.1) is 19.2 Å². The maximum Gasteiger partial charge on any atom is 0.337 e. The molecule has 0 heterocycles. The molecule has 5 heteroatoms. The van der Waals surface area contributed by atoms with E-state index in [0.29, 0.717) is 11.3 Å². The molecule has 0 saturated carbocycles. The Hall–Kier alpha value is -2.82. The van der Waals surface area contributed by atoms with Crippen molar-refractivity contribution >= 4 is 23.3 Å². The van der Waals surface area contributed by atoms with Crippen molar-refractivity contribution in [2.24, 2.45) is 0 Å². The topological polar surface area (TPSA) is 58.6 Å². The molecule has 2 aromatic carbocycles. The zero-order valence-electron chi connectivity index (χ0n) is 12.6. The van der Waals surface area contributed by atoms with Crippen molar-refractivity contribution in [1.82, 2.24) is 0 Å². The summed E-state index contributed by atoms with van der Waals surface area (Å²) in [5.74, 6) is -0.529. The lowest BCUT2D eigenvalue weighted by Gasteiger charge is -2.18. The van der Waals surface area contributed by atoms with Crippen molar-refractivity contribution in [3.63, 3.8) is 0 Å². The SMILES string of the molecule is COC(=O)c1ccc(NC(=O)CN(C)c2ccccc2)cc1. The van der Waals surface area contributed by atoms with Crippen molar-refractivity contribution in [2.45, 2.75) is 0 Å². The van der Waals surface area contributed by atoms with E-state index in [2.05, 4.69) is 10.1 Å². The van der Waals surface area contributed by atoms with E-state index in [1.54, 1.807) is 24.3 Å². The van der Waals surface area contributed by atoms with Crippen LogP contribution < -0.4 is 10.2 Å². The van der Waals surface area contributed by atoms with E-state index in [0.717, 1.165) is 5.69 Å². The summed E-state index contributed by atoms with van der Waals surface area (Å²) in [4.78, 5) is 25.2. The highest BCUT2D eigenvalue weighted by molar-refractivity contribution is 5.95. The molecule has 0 radical (unpaired) electrons. The quantitative estimate of drug-likeness (QED) is 0.862. The van der Waals surface area contributed by atoms with E-state index < -0.39 is 5.97 Å². The molecule has 1 N–H and O–H groups in total. The number of benzene rings is 2. The van der Waals surface area contributed by atoms with Gasteiger partial charge in [0, 0.05) is 18.4 Å². The van der Waals surface area contributed by atoms with Crippen LogP contribution in [0.15, 0.2) is 54.6 Å². The summed E-state index contributed by atoms with van der Waals surface area (Å²) < 4.78 is 4.63. The van der Waals surface area contributed by atoms with E-state index in [4.69, 9.17) is 0 Å². The summed E-state index contributed by atoms with van der Waals surface area (Å²) >= 11 is 0. The van der Waals surface area contributed by atoms with Crippen LogP contribution in [0.5, 0.6) is 0 Å². The van der Waals surface area contributed by atoms with Crippen LogP contribution >= 0.6 is 0 Å². The number of hydrogen-bond donors (Lipinski definition) is 1. The number of hydrogen-bond acceptors (Lipinski definition) is 4. The average Bonchev–Trinajstić information content (AvgIpc) is 2.55. The molecule has 2 aromatic rings. The van der Waals surface area contributed by atoms with Crippen molar-refractivity contribution in [3.05, 3.63) is 60.2 Å². The minimum Gasteiger partial charge on any atom is -0.465 e. The molecular weight excluding hydrogens is 280 g/mol. The van der Waals surface area contributed by atoms with Gasteiger partial charge in [-0.1, -0.05) is 18.2 Å². The first-order chi connectivity index (χ1) is 10.6. The second-order valence-electron chi connectivity index (χ2n) is 4.81. The largest absolute Gasteiger partial charge is 0.465 e. The molecule has 0 spiro atoms. The Bertz CT molecular complexity index is 639. The Kier molecular flexibility index (Phi) is 5.14. The molecule has 0 aromatic heterocycles. The molecule has 1 amide bonds. The molecule has 0 unspecified atom stereocenters. The van der Waals surface area contributed by atoms with E-state index in [9.17, 15) is 9.59 Å². The van der Waals surface area contributed by atoms with Crippen LogP contribution in [0.1, 0.15) is 10.4 Å². The molecule has 0 aliphatic heterocycles. The number of carbonyl (C=O) groups is 2. The van der Waals surface area contributed by atoms with Crippen LogP contribution in [0, 0.1) is 0 Å². The Morgan fingerprint density at radius 2 is 1.68 bits per heavy atom. The lowest BCUT2D eigenvalue weighted by molar-refractivity contribution is -0.114. The monoisotopic (exact) mass is 298 g/mol. The van der Waals surface area contributed by atoms with Gasteiger partial charge in [-0.25, -0.2) is 4.79 Å². The first-order valence-corrected chi connectivity index (χ1v) is 6.84. The molecule has 2 rings (SSSR count). The number of nitrogens with one attached hydrogen (secondary N) is 1. The van der Waals surface area contributed by atoms with Crippen LogP contribution in [0.2, 0.25) is 0 Å². The molecule has 0 aliphatic carbocycles. The normalized spacial score (nSPS) is 9.91. The van der Waals surface area contributed by atoms with Crippen LogP contribution in [-0.2, 0) is 9.53 Å². The Morgan fingerprint density at radius 1 is 1.05 bits per heavy atom. The van der Waals surface area contributed by atoms with Gasteiger partial charge < -0.3 is 15.0 Å². The van der Waals surface area contributed by atoms with Crippen LogP contribution in [0.4, 0.5) is 11.4 Å². The van der Waals surface area contributed by atoms with E-state index >= 15 is 0 Å². The van der Waals surface area contributed by atoms with Gasteiger partial charge in [-0.3, -0.25) is 4.79 Å². The van der Waals surface area contributed by atoms with E-state index in [1.165, 1.54) is 7.11 Å². The molecule has 5 nitrogen and oxygen atoms in total.